The molecule has 2 aliphatic heterocycles. The van der Waals surface area contributed by atoms with E-state index in [1.807, 2.05) is 42.5 Å². The first-order valence-electron chi connectivity index (χ1n) is 11.8. The van der Waals surface area contributed by atoms with Crippen molar-refractivity contribution in [1.29, 1.82) is 0 Å². The van der Waals surface area contributed by atoms with Crippen molar-refractivity contribution < 1.29 is 19.4 Å². The van der Waals surface area contributed by atoms with Gasteiger partial charge in [-0.15, -0.1) is 0 Å². The molecule has 4 heterocycles. The second-order valence-electron chi connectivity index (χ2n) is 9.11. The number of aromatic nitrogens is 2. The summed E-state index contributed by atoms with van der Waals surface area (Å²) in [5.41, 5.74) is 2.80. The molecule has 0 unspecified atom stereocenters. The minimum absolute atomic E-state index is 0.0731. The second kappa shape index (κ2) is 8.10. The van der Waals surface area contributed by atoms with Crippen LogP contribution in [0.15, 0.2) is 71.5 Å². The molecule has 7 heteroatoms. The van der Waals surface area contributed by atoms with Crippen molar-refractivity contribution in [3.05, 3.63) is 105 Å². The summed E-state index contributed by atoms with van der Waals surface area (Å²) < 4.78 is 6.74. The lowest BCUT2D eigenvalue weighted by molar-refractivity contribution is -0.172. The average molecular weight is 479 g/mol. The molecule has 0 saturated heterocycles. The minimum Gasteiger partial charge on any atom is -0.458 e. The Hall–Kier alpha value is -4.36. The van der Waals surface area contributed by atoms with Crippen LogP contribution in [0.2, 0.25) is 0 Å². The van der Waals surface area contributed by atoms with Gasteiger partial charge in [0.15, 0.2) is 11.4 Å². The highest BCUT2D eigenvalue weighted by molar-refractivity contribution is 6.07. The number of cyclic esters (lactones) is 1. The van der Waals surface area contributed by atoms with Gasteiger partial charge < -0.3 is 14.4 Å². The molecule has 0 bridgehead atoms. The first-order valence-corrected chi connectivity index (χ1v) is 11.8. The first kappa shape index (κ1) is 22.1. The monoisotopic (exact) mass is 478 g/mol. The van der Waals surface area contributed by atoms with E-state index >= 15 is 0 Å². The molecule has 4 aromatic rings. The lowest BCUT2D eigenvalue weighted by Crippen LogP contribution is -2.44. The first-order chi connectivity index (χ1) is 17.4. The molecule has 7 nitrogen and oxygen atoms in total. The molecular weight excluding hydrogens is 456 g/mol. The molecule has 6 rings (SSSR count). The highest BCUT2D eigenvalue weighted by Crippen LogP contribution is 2.38. The number of pyridine rings is 2. The number of esters is 1. The number of carbonyl (C=O) groups excluding carboxylic acids is 2. The van der Waals surface area contributed by atoms with Gasteiger partial charge in [-0.2, -0.15) is 0 Å². The number of benzene rings is 2. The zero-order valence-electron chi connectivity index (χ0n) is 19.5. The van der Waals surface area contributed by atoms with Crippen LogP contribution in [0.1, 0.15) is 46.0 Å². The van der Waals surface area contributed by atoms with E-state index in [0.717, 1.165) is 22.0 Å². The Bertz CT molecular complexity index is 1670. The van der Waals surface area contributed by atoms with Crippen molar-refractivity contribution in [2.45, 2.75) is 32.1 Å². The molecule has 0 saturated carbocycles. The molecule has 0 spiro atoms. The fourth-order valence-electron chi connectivity index (χ4n) is 4.98. The number of hydrogen-bond donors (Lipinski definition) is 1. The Morgan fingerprint density at radius 2 is 1.94 bits per heavy atom. The van der Waals surface area contributed by atoms with E-state index < -0.39 is 11.6 Å². The second-order valence-corrected chi connectivity index (χ2v) is 9.11. The number of allylic oxidation sites excluding steroid dienone is 1. The predicted octanol–water partition coefficient (Wildman–Crippen LogP) is 3.98. The van der Waals surface area contributed by atoms with Crippen LogP contribution >= 0.6 is 0 Å². The third-order valence-corrected chi connectivity index (χ3v) is 7.02. The summed E-state index contributed by atoms with van der Waals surface area (Å²) in [6, 6.07) is 18.5. The van der Waals surface area contributed by atoms with Gasteiger partial charge in [0.25, 0.3) is 5.56 Å². The maximum atomic E-state index is 13.3. The van der Waals surface area contributed by atoms with Gasteiger partial charge in [0.05, 0.1) is 29.0 Å². The van der Waals surface area contributed by atoms with E-state index in [1.165, 1.54) is 0 Å². The lowest BCUT2D eigenvalue weighted by Gasteiger charge is -2.31. The van der Waals surface area contributed by atoms with Crippen molar-refractivity contribution in [3.63, 3.8) is 0 Å². The molecular formula is C29H22N2O5. The van der Waals surface area contributed by atoms with Crippen LogP contribution in [0.4, 0.5) is 0 Å². The van der Waals surface area contributed by atoms with Crippen LogP contribution < -0.4 is 5.56 Å². The average Bonchev–Trinajstić information content (AvgIpc) is 3.26. The van der Waals surface area contributed by atoms with Gasteiger partial charge in [-0.05, 0) is 42.3 Å². The predicted molar refractivity (Wildman–Crippen MR) is 134 cm³/mol. The Kier molecular flexibility index (Phi) is 4.98. The number of carbonyl (C=O) groups is 2. The van der Waals surface area contributed by atoms with E-state index in [2.05, 4.69) is 0 Å². The fraction of sp³-hybridized carbons (Fsp3) is 0.172. The molecule has 1 atom stereocenters. The van der Waals surface area contributed by atoms with Gasteiger partial charge in [0.1, 0.15) is 6.61 Å². The molecule has 2 aliphatic rings. The Labute approximate surface area is 206 Å². The fourth-order valence-corrected chi connectivity index (χ4v) is 4.98. The van der Waals surface area contributed by atoms with Gasteiger partial charge >= 0.3 is 5.97 Å². The summed E-state index contributed by atoms with van der Waals surface area (Å²) in [4.78, 5) is 42.8. The van der Waals surface area contributed by atoms with Crippen LogP contribution in [-0.2, 0) is 28.3 Å². The third kappa shape index (κ3) is 3.31. The summed E-state index contributed by atoms with van der Waals surface area (Å²) in [5.74, 6) is -0.811. The van der Waals surface area contributed by atoms with Gasteiger partial charge in [0.2, 0.25) is 0 Å². The SMILES string of the molecule is CC[C@@]1(O)C(=O)OCc2c1cc1n(c2=O)Cc2cc3cc(C=CC(=O)c4ccccc4)ccc3nc2-1. The summed E-state index contributed by atoms with van der Waals surface area (Å²) >= 11 is 0. The Balaban J connectivity index is 1.39. The van der Waals surface area contributed by atoms with E-state index in [4.69, 9.17) is 9.72 Å². The number of hydrogen-bond acceptors (Lipinski definition) is 6. The van der Waals surface area contributed by atoms with Crippen LogP contribution in [0, 0.1) is 0 Å². The van der Waals surface area contributed by atoms with Crippen molar-refractivity contribution in [3.8, 4) is 11.4 Å². The smallest absolute Gasteiger partial charge is 0.343 e. The maximum absolute atomic E-state index is 13.3. The minimum atomic E-state index is -1.85. The highest BCUT2D eigenvalue weighted by Gasteiger charge is 2.45. The Morgan fingerprint density at radius 1 is 1.14 bits per heavy atom. The van der Waals surface area contributed by atoms with Gasteiger partial charge in [-0.1, -0.05) is 49.4 Å². The van der Waals surface area contributed by atoms with E-state index in [9.17, 15) is 19.5 Å². The molecule has 2 aromatic carbocycles. The van der Waals surface area contributed by atoms with Crippen molar-refractivity contribution in [1.82, 2.24) is 9.55 Å². The quantitative estimate of drug-likeness (QED) is 0.238. The molecule has 0 radical (unpaired) electrons. The molecule has 178 valence electrons. The number of rotatable bonds is 4. The summed E-state index contributed by atoms with van der Waals surface area (Å²) in [6.45, 7) is 1.86. The molecule has 0 amide bonds. The van der Waals surface area contributed by atoms with Crippen LogP contribution in [-0.4, -0.2) is 26.4 Å². The topological polar surface area (TPSA) is 98.5 Å². The van der Waals surface area contributed by atoms with E-state index in [-0.39, 0.29) is 24.4 Å². The van der Waals surface area contributed by atoms with Crippen molar-refractivity contribution in [2.75, 3.05) is 0 Å². The number of ether oxygens (including phenoxy) is 1. The highest BCUT2D eigenvalue weighted by atomic mass is 16.6. The number of aliphatic hydroxyl groups is 1. The zero-order valence-corrected chi connectivity index (χ0v) is 19.5. The van der Waals surface area contributed by atoms with E-state index in [0.29, 0.717) is 34.6 Å². The van der Waals surface area contributed by atoms with E-state index in [1.54, 1.807) is 41.8 Å². The van der Waals surface area contributed by atoms with Gasteiger partial charge in [-0.3, -0.25) is 9.59 Å². The van der Waals surface area contributed by atoms with Crippen molar-refractivity contribution in [2.24, 2.45) is 0 Å². The van der Waals surface area contributed by atoms with Gasteiger partial charge in [-0.25, -0.2) is 9.78 Å². The molecule has 0 aliphatic carbocycles. The Morgan fingerprint density at radius 3 is 2.72 bits per heavy atom. The largest absolute Gasteiger partial charge is 0.458 e. The molecule has 0 fully saturated rings. The normalized spacial score (nSPS) is 18.1. The zero-order chi connectivity index (χ0) is 25.0. The number of ketones is 1. The van der Waals surface area contributed by atoms with Crippen LogP contribution in [0.5, 0.6) is 0 Å². The molecule has 36 heavy (non-hydrogen) atoms. The molecule has 2 aromatic heterocycles. The summed E-state index contributed by atoms with van der Waals surface area (Å²) in [5, 5.41) is 11.9. The van der Waals surface area contributed by atoms with Crippen LogP contribution in [0.3, 0.4) is 0 Å². The lowest BCUT2D eigenvalue weighted by atomic mass is 9.86. The summed E-state index contributed by atoms with van der Waals surface area (Å²) in [6.07, 6.45) is 3.43. The standard InChI is InChI=1S/C29H22N2O5/c1-2-29(35)22-14-24-26-20(15-31(24)27(33)21(22)16-36-28(29)34)13-19-12-17(8-10-23(19)30-26)9-11-25(32)18-6-4-3-5-7-18/h3-14,35H,2,15-16H2,1H3/t29-/m0/s1. The van der Waals surface area contributed by atoms with Crippen LogP contribution in [0.25, 0.3) is 28.4 Å². The maximum Gasteiger partial charge on any atom is 0.343 e. The molecule has 1 N–H and O–H groups in total. The third-order valence-electron chi connectivity index (χ3n) is 7.02. The van der Waals surface area contributed by atoms with Gasteiger partial charge in [0, 0.05) is 22.1 Å². The van der Waals surface area contributed by atoms with Crippen molar-refractivity contribution >= 4 is 28.7 Å². The number of nitrogens with zero attached hydrogens (tertiary/aromatic N) is 2. The number of fused-ring (bicyclic) bond motifs is 5. The summed E-state index contributed by atoms with van der Waals surface area (Å²) in [7, 11) is 0.